The van der Waals surface area contributed by atoms with Gasteiger partial charge in [0.05, 0.1) is 0 Å². The first-order valence-electron chi connectivity index (χ1n) is 10.3. The summed E-state index contributed by atoms with van der Waals surface area (Å²) >= 11 is 0. The van der Waals surface area contributed by atoms with Crippen LogP contribution in [-0.2, 0) is 30.8 Å². The summed E-state index contributed by atoms with van der Waals surface area (Å²) in [5, 5.41) is 8.37. The summed E-state index contributed by atoms with van der Waals surface area (Å²) in [5.41, 5.74) is 1.76. The molecule has 2 rings (SSSR count). The van der Waals surface area contributed by atoms with Crippen LogP contribution in [0.3, 0.4) is 0 Å². The number of fused-ring (bicyclic) bond motifs is 1. The number of H-pyrrole nitrogens is 1. The van der Waals surface area contributed by atoms with Gasteiger partial charge in [-0.3, -0.25) is 14.4 Å². The Labute approximate surface area is 188 Å². The number of benzene rings is 1. The Morgan fingerprint density at radius 2 is 1.75 bits per heavy atom. The minimum atomic E-state index is -3.96. The molecule has 1 aromatic carbocycles. The molecule has 2 atom stereocenters. The van der Waals surface area contributed by atoms with Crippen LogP contribution in [0.4, 0.5) is 0 Å². The monoisotopic (exact) mass is 465 g/mol. The van der Waals surface area contributed by atoms with E-state index in [-0.39, 0.29) is 18.8 Å². The van der Waals surface area contributed by atoms with Crippen molar-refractivity contribution < 1.29 is 22.8 Å². The predicted octanol–water partition coefficient (Wildman–Crippen LogP) is 0.369. The fourth-order valence-electron chi connectivity index (χ4n) is 3.31. The molecule has 0 aliphatic carbocycles. The van der Waals surface area contributed by atoms with Gasteiger partial charge < -0.3 is 20.9 Å². The van der Waals surface area contributed by atoms with E-state index in [0.717, 1.165) is 16.5 Å². The zero-order chi connectivity index (χ0) is 23.9. The summed E-state index contributed by atoms with van der Waals surface area (Å²) in [6.07, 6.45) is 2.23. The second-order valence-electron chi connectivity index (χ2n) is 8.03. The maximum atomic E-state index is 13.0. The van der Waals surface area contributed by atoms with Gasteiger partial charge in [0.2, 0.25) is 27.7 Å². The van der Waals surface area contributed by atoms with Crippen molar-refractivity contribution >= 4 is 38.6 Å². The van der Waals surface area contributed by atoms with Crippen LogP contribution in [0.5, 0.6) is 0 Å². The van der Waals surface area contributed by atoms with Crippen LogP contribution in [0, 0.1) is 5.92 Å². The minimum absolute atomic E-state index is 0.00119. The van der Waals surface area contributed by atoms with Gasteiger partial charge in [0.15, 0.2) is 0 Å². The second-order valence-corrected chi connectivity index (χ2v) is 9.78. The molecule has 0 saturated heterocycles. The lowest BCUT2D eigenvalue weighted by Gasteiger charge is -2.23. The number of hydrogen-bond acceptors (Lipinski definition) is 5. The number of nitrogens with one attached hydrogen (secondary N) is 5. The Balaban J connectivity index is 2.20. The number of para-hydroxylation sites is 1. The van der Waals surface area contributed by atoms with Gasteiger partial charge in [-0.25, -0.2) is 13.1 Å². The van der Waals surface area contributed by atoms with E-state index in [0.29, 0.717) is 0 Å². The number of carbonyl (C=O) groups is 3. The van der Waals surface area contributed by atoms with Crippen LogP contribution in [0.2, 0.25) is 0 Å². The molecule has 0 aliphatic rings. The number of carbonyl (C=O) groups excluding carboxylic acids is 3. The van der Waals surface area contributed by atoms with Crippen LogP contribution in [0.1, 0.15) is 32.8 Å². The highest BCUT2D eigenvalue weighted by Gasteiger charge is 2.29. The molecule has 3 amide bonds. The van der Waals surface area contributed by atoms with Gasteiger partial charge in [0.25, 0.3) is 0 Å². The number of amides is 3. The molecule has 0 radical (unpaired) electrons. The van der Waals surface area contributed by atoms with Crippen molar-refractivity contribution in [2.24, 2.45) is 5.92 Å². The van der Waals surface area contributed by atoms with Gasteiger partial charge >= 0.3 is 0 Å². The van der Waals surface area contributed by atoms with Gasteiger partial charge in [-0.05, 0) is 24.0 Å². The Morgan fingerprint density at radius 1 is 1.06 bits per heavy atom. The van der Waals surface area contributed by atoms with E-state index in [1.54, 1.807) is 6.20 Å². The summed E-state index contributed by atoms with van der Waals surface area (Å²) < 4.78 is 27.0. The normalized spacial score (nSPS) is 13.5. The Kier molecular flexibility index (Phi) is 8.79. The molecule has 0 spiro atoms. The Hall–Kier alpha value is -2.92. The van der Waals surface area contributed by atoms with E-state index in [9.17, 15) is 22.8 Å². The molecular weight excluding hydrogens is 434 g/mol. The molecule has 10 nitrogen and oxygen atoms in total. The van der Waals surface area contributed by atoms with Crippen molar-refractivity contribution in [2.45, 2.75) is 45.7 Å². The first-order valence-corrected chi connectivity index (χ1v) is 12.0. The average Bonchev–Trinajstić information content (AvgIpc) is 3.13. The molecule has 32 heavy (non-hydrogen) atoms. The maximum absolute atomic E-state index is 13.0. The van der Waals surface area contributed by atoms with Crippen molar-refractivity contribution in [2.75, 3.05) is 12.9 Å². The molecule has 5 N–H and O–H groups in total. The molecule has 2 aromatic rings. The van der Waals surface area contributed by atoms with Gasteiger partial charge in [0, 0.05) is 37.5 Å². The third-order valence-corrected chi connectivity index (χ3v) is 6.00. The van der Waals surface area contributed by atoms with E-state index in [2.05, 4.69) is 25.7 Å². The van der Waals surface area contributed by atoms with E-state index in [4.69, 9.17) is 0 Å². The van der Waals surface area contributed by atoms with E-state index < -0.39 is 45.7 Å². The molecule has 0 bridgehead atoms. The van der Waals surface area contributed by atoms with Gasteiger partial charge in [-0.15, -0.1) is 0 Å². The largest absolute Gasteiger partial charge is 0.361 e. The lowest BCUT2D eigenvalue weighted by molar-refractivity contribution is -0.129. The Bertz CT molecular complexity index is 1060. The standard InChI is InChI=1S/C21H31N5O5S/c1-13(2)9-19(26-32(30,31)12-24-14(3)27)21(29)25-18(20(28)22-4)10-15-11-23-17-8-6-5-7-16(15)17/h5-8,11,13,18-19,23,26H,9-10,12H2,1-4H3,(H,22,28)(H,24,27)(H,25,29). The van der Waals surface area contributed by atoms with E-state index in [1.165, 1.54) is 14.0 Å². The fourth-order valence-corrected chi connectivity index (χ4v) is 4.42. The Morgan fingerprint density at radius 3 is 2.38 bits per heavy atom. The van der Waals surface area contributed by atoms with Gasteiger partial charge in [0.1, 0.15) is 18.0 Å². The molecule has 176 valence electrons. The van der Waals surface area contributed by atoms with Crippen LogP contribution >= 0.6 is 0 Å². The average molecular weight is 466 g/mol. The minimum Gasteiger partial charge on any atom is -0.361 e. The van der Waals surface area contributed by atoms with E-state index in [1.807, 2.05) is 38.1 Å². The van der Waals surface area contributed by atoms with Crippen LogP contribution < -0.4 is 20.7 Å². The maximum Gasteiger partial charge on any atom is 0.242 e. The zero-order valence-corrected chi connectivity index (χ0v) is 19.5. The summed E-state index contributed by atoms with van der Waals surface area (Å²) in [4.78, 5) is 39.7. The highest BCUT2D eigenvalue weighted by atomic mass is 32.2. The SMILES string of the molecule is CNC(=O)C(Cc1c[nH]c2ccccc12)NC(=O)C(CC(C)C)NS(=O)(=O)CNC(C)=O. The third-order valence-electron chi connectivity index (χ3n) is 4.83. The van der Waals surface area contributed by atoms with Crippen LogP contribution in [0.25, 0.3) is 10.9 Å². The summed E-state index contributed by atoms with van der Waals surface area (Å²) in [6, 6.07) is 5.61. The van der Waals surface area contributed by atoms with E-state index >= 15 is 0 Å². The van der Waals surface area contributed by atoms with Crippen molar-refractivity contribution in [1.29, 1.82) is 0 Å². The van der Waals surface area contributed by atoms with Gasteiger partial charge in [-0.1, -0.05) is 32.0 Å². The first kappa shape index (κ1) is 25.3. The lowest BCUT2D eigenvalue weighted by atomic mass is 10.0. The lowest BCUT2D eigenvalue weighted by Crippen LogP contribution is -2.55. The molecular formula is C21H31N5O5S. The third kappa shape index (κ3) is 7.34. The number of rotatable bonds is 11. The molecule has 1 aromatic heterocycles. The van der Waals surface area contributed by atoms with Crippen molar-refractivity contribution in [3.05, 3.63) is 36.0 Å². The number of hydrogen-bond donors (Lipinski definition) is 5. The molecule has 0 saturated carbocycles. The number of aromatic nitrogens is 1. The van der Waals surface area contributed by atoms with Crippen molar-refractivity contribution in [1.82, 2.24) is 25.7 Å². The molecule has 0 aliphatic heterocycles. The summed E-state index contributed by atoms with van der Waals surface area (Å²) in [6.45, 7) is 4.90. The molecule has 1 heterocycles. The van der Waals surface area contributed by atoms with Gasteiger partial charge in [-0.2, -0.15) is 0 Å². The quantitative estimate of drug-likeness (QED) is 0.325. The first-order chi connectivity index (χ1) is 15.0. The second kappa shape index (κ2) is 11.1. The fraction of sp³-hybridized carbons (Fsp3) is 0.476. The molecule has 0 fully saturated rings. The van der Waals surface area contributed by atoms with Crippen LogP contribution in [-0.4, -0.2) is 56.1 Å². The summed E-state index contributed by atoms with van der Waals surface area (Å²) in [5.74, 6) is -2.15. The van der Waals surface area contributed by atoms with Crippen molar-refractivity contribution in [3.8, 4) is 0 Å². The predicted molar refractivity (Wildman–Crippen MR) is 122 cm³/mol. The molecule has 11 heteroatoms. The molecule has 2 unspecified atom stereocenters. The summed E-state index contributed by atoms with van der Waals surface area (Å²) in [7, 11) is -2.48. The smallest absolute Gasteiger partial charge is 0.242 e. The van der Waals surface area contributed by atoms with Crippen molar-refractivity contribution in [3.63, 3.8) is 0 Å². The zero-order valence-electron chi connectivity index (χ0n) is 18.7. The number of sulfonamides is 1. The number of likely N-dealkylation sites (N-methyl/N-ethyl adjacent to an activating group) is 1. The topological polar surface area (TPSA) is 149 Å². The highest BCUT2D eigenvalue weighted by molar-refractivity contribution is 7.89. The highest BCUT2D eigenvalue weighted by Crippen LogP contribution is 2.19. The number of aromatic amines is 1. The van der Waals surface area contributed by atoms with Crippen LogP contribution in [0.15, 0.2) is 30.5 Å².